The number of hydrogen-bond donors (Lipinski definition) is 2. The Morgan fingerprint density at radius 2 is 2.00 bits per heavy atom. The van der Waals surface area contributed by atoms with Gasteiger partial charge in [0.2, 0.25) is 0 Å². The minimum atomic E-state index is -0.667. The summed E-state index contributed by atoms with van der Waals surface area (Å²) >= 11 is 0. The fourth-order valence-electron chi connectivity index (χ4n) is 0. The van der Waals surface area contributed by atoms with Gasteiger partial charge < -0.3 is 10.8 Å². The third-order valence-electron chi connectivity index (χ3n) is 0. The lowest BCUT2D eigenvalue weighted by atomic mass is 10.1. The van der Waals surface area contributed by atoms with Gasteiger partial charge in [0, 0.05) is 0 Å². The van der Waals surface area contributed by atoms with Gasteiger partial charge in [-0.05, 0) is 0 Å². The van der Waals surface area contributed by atoms with Crippen molar-refractivity contribution in [1.82, 2.24) is 0 Å². The third-order valence-corrected chi connectivity index (χ3v) is 0. The van der Waals surface area contributed by atoms with Crippen LogP contribution in [0.2, 0.25) is 0 Å². The maximum absolute atomic E-state index is 7.83. The lowest BCUT2D eigenvalue weighted by Gasteiger charge is -1.81. The molecule has 0 aromatic carbocycles. The van der Waals surface area contributed by atoms with Crippen LogP contribution in [0.25, 0.3) is 0 Å². The SMILES string of the molecule is BC(N)O. The Labute approximate surface area is 26.0 Å². The highest BCUT2D eigenvalue weighted by Crippen LogP contribution is 1.38. The minimum absolute atomic E-state index is 0.667. The first-order chi connectivity index (χ1) is 1.73. The molecule has 1 atom stereocenters. The average molecular weight is 58.9 g/mol. The zero-order valence-electron chi connectivity index (χ0n) is 2.60. The maximum Gasteiger partial charge on any atom is 0.157 e. The zero-order valence-corrected chi connectivity index (χ0v) is 2.60. The van der Waals surface area contributed by atoms with Crippen LogP contribution >= 0.6 is 0 Å². The van der Waals surface area contributed by atoms with Gasteiger partial charge >= 0.3 is 0 Å². The van der Waals surface area contributed by atoms with Crippen LogP contribution in [-0.2, 0) is 0 Å². The predicted octanol–water partition coefficient (Wildman–Crippen LogP) is -2.15. The Kier molecular flexibility index (Phi) is 1.31. The van der Waals surface area contributed by atoms with Crippen LogP contribution in [0.5, 0.6) is 0 Å². The van der Waals surface area contributed by atoms with Gasteiger partial charge in [0.1, 0.15) is 0 Å². The van der Waals surface area contributed by atoms with Crippen molar-refractivity contribution in [3.63, 3.8) is 0 Å². The van der Waals surface area contributed by atoms with Crippen LogP contribution in [0.4, 0.5) is 0 Å². The van der Waals surface area contributed by atoms with Crippen molar-refractivity contribution in [2.45, 2.75) is 6.13 Å². The fraction of sp³-hybridized carbons (Fsp3) is 1.00. The summed E-state index contributed by atoms with van der Waals surface area (Å²) in [6.07, 6.45) is -0.667. The summed E-state index contributed by atoms with van der Waals surface area (Å²) in [5, 5.41) is 7.83. The van der Waals surface area contributed by atoms with Gasteiger partial charge in [-0.3, -0.25) is 0 Å². The van der Waals surface area contributed by atoms with E-state index in [1.807, 2.05) is 0 Å². The van der Waals surface area contributed by atoms with Crippen molar-refractivity contribution in [2.24, 2.45) is 5.73 Å². The highest BCUT2D eigenvalue weighted by Gasteiger charge is 1.69. The van der Waals surface area contributed by atoms with E-state index in [9.17, 15) is 0 Å². The molecule has 0 rings (SSSR count). The smallest absolute Gasteiger partial charge is 0.157 e. The fourth-order valence-corrected chi connectivity index (χ4v) is 0. The predicted molar refractivity (Wildman–Crippen MR) is 18.7 cm³/mol. The highest BCUT2D eigenvalue weighted by molar-refractivity contribution is 6.10. The second-order valence-electron chi connectivity index (χ2n) is 0.741. The molecule has 0 aliphatic rings. The van der Waals surface area contributed by atoms with Crippen molar-refractivity contribution in [2.75, 3.05) is 0 Å². The van der Waals surface area contributed by atoms with Gasteiger partial charge in [-0.25, -0.2) is 0 Å². The van der Waals surface area contributed by atoms with E-state index in [1.54, 1.807) is 0 Å². The largest absolute Gasteiger partial charge is 0.388 e. The Morgan fingerprint density at radius 3 is 2.00 bits per heavy atom. The zero-order chi connectivity index (χ0) is 3.58. The summed E-state index contributed by atoms with van der Waals surface area (Å²) in [5.74, 6) is 0. The average Bonchev–Trinajstić information content (AvgIpc) is 0.811. The van der Waals surface area contributed by atoms with Crippen LogP contribution < -0.4 is 5.73 Å². The molecule has 0 saturated carbocycles. The molecular weight excluding hydrogens is 52.8 g/mol. The van der Waals surface area contributed by atoms with Gasteiger partial charge in [-0.1, -0.05) is 0 Å². The van der Waals surface area contributed by atoms with E-state index in [1.165, 1.54) is 7.85 Å². The summed E-state index contributed by atoms with van der Waals surface area (Å²) in [4.78, 5) is 0. The van der Waals surface area contributed by atoms with Crippen LogP contribution in [0, 0.1) is 0 Å². The molecule has 0 bridgehead atoms. The molecule has 3 N–H and O–H groups in total. The molecule has 24 valence electrons. The van der Waals surface area contributed by atoms with Crippen LogP contribution in [0.15, 0.2) is 0 Å². The van der Waals surface area contributed by atoms with Crippen LogP contribution in [0.1, 0.15) is 0 Å². The van der Waals surface area contributed by atoms with E-state index in [2.05, 4.69) is 5.73 Å². The lowest BCUT2D eigenvalue weighted by Crippen LogP contribution is -2.17. The third kappa shape index (κ3) is 8480. The molecule has 0 aliphatic heterocycles. The van der Waals surface area contributed by atoms with E-state index in [0.717, 1.165) is 0 Å². The van der Waals surface area contributed by atoms with Crippen LogP contribution in [0.3, 0.4) is 0 Å². The van der Waals surface area contributed by atoms with Gasteiger partial charge in [0.25, 0.3) is 0 Å². The highest BCUT2D eigenvalue weighted by atomic mass is 16.3. The summed E-state index contributed by atoms with van der Waals surface area (Å²) in [7, 11) is 1.50. The lowest BCUT2D eigenvalue weighted by molar-refractivity contribution is 0.264. The molecule has 0 aromatic rings. The normalized spacial score (nSPS) is 15.5. The van der Waals surface area contributed by atoms with E-state index in [0.29, 0.717) is 0 Å². The number of nitrogens with two attached hydrogens (primary N) is 1. The number of aliphatic hydroxyl groups is 1. The summed E-state index contributed by atoms with van der Waals surface area (Å²) < 4.78 is 0. The molecule has 0 saturated heterocycles. The van der Waals surface area contributed by atoms with Crippen molar-refractivity contribution < 1.29 is 5.11 Å². The van der Waals surface area contributed by atoms with Crippen LogP contribution in [-0.4, -0.2) is 19.1 Å². The van der Waals surface area contributed by atoms with Crippen molar-refractivity contribution in [1.29, 1.82) is 0 Å². The summed E-state index contributed by atoms with van der Waals surface area (Å²) in [6, 6.07) is 0. The second-order valence-corrected chi connectivity index (χ2v) is 0.741. The van der Waals surface area contributed by atoms with Crippen molar-refractivity contribution in [3.8, 4) is 0 Å². The second kappa shape index (κ2) is 1.32. The molecule has 2 nitrogen and oxygen atoms in total. The molecule has 0 spiro atoms. The topological polar surface area (TPSA) is 46.2 Å². The molecule has 3 heteroatoms. The molecule has 1 unspecified atom stereocenters. The van der Waals surface area contributed by atoms with Gasteiger partial charge in [-0.2, -0.15) is 0 Å². The Morgan fingerprint density at radius 1 is 2.00 bits per heavy atom. The molecule has 0 amide bonds. The molecular formula is CH6BNO. The first kappa shape index (κ1) is 3.98. The molecule has 4 heavy (non-hydrogen) atoms. The number of rotatable bonds is 0. The van der Waals surface area contributed by atoms with Gasteiger partial charge in [0.05, 0.1) is 6.13 Å². The number of aliphatic hydroxyl groups excluding tert-OH is 1. The molecule has 0 heterocycles. The van der Waals surface area contributed by atoms with Crippen molar-refractivity contribution in [3.05, 3.63) is 0 Å². The summed E-state index contributed by atoms with van der Waals surface area (Å²) in [6.45, 7) is 0. The van der Waals surface area contributed by atoms with Gasteiger partial charge in [-0.15, -0.1) is 0 Å². The van der Waals surface area contributed by atoms with E-state index >= 15 is 0 Å². The Balaban J connectivity index is 2.32. The number of hydrogen-bond acceptors (Lipinski definition) is 2. The first-order valence-corrected chi connectivity index (χ1v) is 1.17. The van der Waals surface area contributed by atoms with E-state index in [4.69, 9.17) is 5.11 Å². The molecule has 0 radical (unpaired) electrons. The monoisotopic (exact) mass is 59.1 g/mol. The van der Waals surface area contributed by atoms with E-state index < -0.39 is 6.13 Å². The Hall–Kier alpha value is -0.0151. The van der Waals surface area contributed by atoms with Crippen molar-refractivity contribution >= 4 is 7.85 Å². The molecule has 0 fully saturated rings. The molecule has 0 aliphatic carbocycles. The first-order valence-electron chi connectivity index (χ1n) is 1.17. The minimum Gasteiger partial charge on any atom is -0.388 e. The van der Waals surface area contributed by atoms with Gasteiger partial charge in [0.15, 0.2) is 7.85 Å². The maximum atomic E-state index is 7.83. The quantitative estimate of drug-likeness (QED) is 0.247. The summed E-state index contributed by atoms with van der Waals surface area (Å²) in [5.41, 5.74) is 4.67. The molecule has 0 aromatic heterocycles. The van der Waals surface area contributed by atoms with E-state index in [-0.39, 0.29) is 0 Å². The standard InChI is InChI=1S/CH6BNO/c2-1(3)4/h1,4H,2-3H2. The Bertz CT molecular complexity index is 12.8.